The van der Waals surface area contributed by atoms with Gasteiger partial charge in [-0.3, -0.25) is 4.79 Å². The van der Waals surface area contributed by atoms with Gasteiger partial charge in [-0.1, -0.05) is 0 Å². The van der Waals surface area contributed by atoms with Crippen LogP contribution in [0.25, 0.3) is 0 Å². The van der Waals surface area contributed by atoms with Crippen LogP contribution in [-0.2, 0) is 4.79 Å². The molecule has 0 radical (unpaired) electrons. The van der Waals surface area contributed by atoms with Crippen molar-refractivity contribution in [2.45, 2.75) is 24.0 Å². The molecule has 1 aliphatic heterocycles. The molecule has 1 heterocycles. The number of hydrogen-bond donors (Lipinski definition) is 2. The average molecular weight is 258 g/mol. The number of nitrogens with one attached hydrogen (secondary N) is 1. The lowest BCUT2D eigenvalue weighted by Gasteiger charge is -2.38. The number of urea groups is 1. The van der Waals surface area contributed by atoms with E-state index in [-0.39, 0.29) is 23.1 Å². The van der Waals surface area contributed by atoms with Crippen LogP contribution in [0, 0.1) is 5.92 Å². The highest BCUT2D eigenvalue weighted by Gasteiger charge is 2.42. The molecule has 2 fully saturated rings. The minimum absolute atomic E-state index is 0.0491. The molecule has 1 saturated carbocycles. The fourth-order valence-corrected chi connectivity index (χ4v) is 2.78. The second-order valence-electron chi connectivity index (χ2n) is 4.91. The quantitative estimate of drug-likeness (QED) is 0.772. The molecule has 2 rings (SSSR count). The van der Waals surface area contributed by atoms with Crippen LogP contribution in [0.2, 0.25) is 0 Å². The molecule has 0 bridgehead atoms. The molecule has 2 aliphatic rings. The number of carboxylic acids is 1. The molecule has 0 aromatic carbocycles. The summed E-state index contributed by atoms with van der Waals surface area (Å²) in [5.41, 5.74) is 0. The van der Waals surface area contributed by atoms with Crippen molar-refractivity contribution < 1.29 is 14.7 Å². The maximum atomic E-state index is 11.7. The van der Waals surface area contributed by atoms with Crippen LogP contribution in [0.15, 0.2) is 0 Å². The minimum Gasteiger partial charge on any atom is -0.481 e. The summed E-state index contributed by atoms with van der Waals surface area (Å²) in [6, 6.07) is -0.0491. The standard InChI is InChI=1S/C11H18N2O3S/c1-17-11(2-3-11)7-12-10(16)13-5-8(6-13)4-9(14)15/h8H,2-7H2,1H3,(H,12,16)(H,14,15). The number of hydrogen-bond acceptors (Lipinski definition) is 3. The van der Waals surface area contributed by atoms with E-state index in [1.165, 1.54) is 12.8 Å². The zero-order chi connectivity index (χ0) is 12.5. The molecule has 5 nitrogen and oxygen atoms in total. The molecule has 0 unspecified atom stereocenters. The number of thioether (sulfide) groups is 1. The van der Waals surface area contributed by atoms with Crippen molar-refractivity contribution in [2.24, 2.45) is 5.92 Å². The number of carbonyl (C=O) groups is 2. The third-order valence-corrected chi connectivity index (χ3v) is 4.93. The number of aliphatic carboxylic acids is 1. The highest BCUT2D eigenvalue weighted by atomic mass is 32.2. The van der Waals surface area contributed by atoms with Crippen LogP contribution >= 0.6 is 11.8 Å². The molecule has 1 aliphatic carbocycles. The fourth-order valence-electron chi connectivity index (χ4n) is 2.05. The van der Waals surface area contributed by atoms with Gasteiger partial charge in [-0.25, -0.2) is 4.79 Å². The fraction of sp³-hybridized carbons (Fsp3) is 0.818. The SMILES string of the molecule is CSC1(CNC(=O)N2CC(CC(=O)O)C2)CC1. The van der Waals surface area contributed by atoms with Gasteiger partial charge in [0.25, 0.3) is 0 Å². The number of likely N-dealkylation sites (tertiary alicyclic amines) is 1. The Balaban J connectivity index is 1.64. The van der Waals surface area contributed by atoms with E-state index in [9.17, 15) is 9.59 Å². The number of rotatable bonds is 5. The monoisotopic (exact) mass is 258 g/mol. The summed E-state index contributed by atoms with van der Waals surface area (Å²) in [5, 5.41) is 11.5. The van der Waals surface area contributed by atoms with E-state index in [0.29, 0.717) is 13.1 Å². The van der Waals surface area contributed by atoms with E-state index in [1.54, 1.807) is 4.90 Å². The first-order valence-electron chi connectivity index (χ1n) is 5.84. The molecule has 17 heavy (non-hydrogen) atoms. The Kier molecular flexibility index (Phi) is 3.51. The Morgan fingerprint density at radius 3 is 2.59 bits per heavy atom. The summed E-state index contributed by atoms with van der Waals surface area (Å²) in [6.07, 6.45) is 4.59. The molecule has 96 valence electrons. The highest BCUT2D eigenvalue weighted by molar-refractivity contribution is 8.00. The molecule has 1 saturated heterocycles. The lowest BCUT2D eigenvalue weighted by Crippen LogP contribution is -2.55. The van der Waals surface area contributed by atoms with Crippen LogP contribution in [0.4, 0.5) is 4.79 Å². The Hall–Kier alpha value is -0.910. The second-order valence-corrected chi connectivity index (χ2v) is 6.19. The number of carboxylic acid groups (broad SMARTS) is 1. The summed E-state index contributed by atoms with van der Waals surface area (Å²) < 4.78 is 0.279. The summed E-state index contributed by atoms with van der Waals surface area (Å²) >= 11 is 1.82. The molecule has 2 amide bonds. The average Bonchev–Trinajstić information content (AvgIpc) is 3.00. The van der Waals surface area contributed by atoms with E-state index in [4.69, 9.17) is 5.11 Å². The van der Waals surface area contributed by atoms with Crippen molar-refractivity contribution in [3.05, 3.63) is 0 Å². The van der Waals surface area contributed by atoms with Gasteiger partial charge in [0.15, 0.2) is 0 Å². The topological polar surface area (TPSA) is 69.6 Å². The molecule has 0 aromatic rings. The van der Waals surface area contributed by atoms with E-state index in [1.807, 2.05) is 11.8 Å². The minimum atomic E-state index is -0.783. The third-order valence-electron chi connectivity index (χ3n) is 3.51. The summed E-state index contributed by atoms with van der Waals surface area (Å²) in [5.74, 6) is -0.650. The van der Waals surface area contributed by atoms with Crippen molar-refractivity contribution in [3.63, 3.8) is 0 Å². The molecular formula is C11H18N2O3S. The summed E-state index contributed by atoms with van der Waals surface area (Å²) in [6.45, 7) is 1.88. The van der Waals surface area contributed by atoms with E-state index < -0.39 is 5.97 Å². The van der Waals surface area contributed by atoms with Crippen molar-refractivity contribution in [1.82, 2.24) is 10.2 Å². The Bertz CT molecular complexity index is 325. The first-order valence-corrected chi connectivity index (χ1v) is 7.07. The number of nitrogens with zero attached hydrogens (tertiary/aromatic N) is 1. The first kappa shape index (κ1) is 12.5. The van der Waals surface area contributed by atoms with Gasteiger partial charge in [0.1, 0.15) is 0 Å². The molecule has 2 N–H and O–H groups in total. The van der Waals surface area contributed by atoms with Crippen molar-refractivity contribution in [2.75, 3.05) is 25.9 Å². The van der Waals surface area contributed by atoms with Gasteiger partial charge < -0.3 is 15.3 Å². The Morgan fingerprint density at radius 1 is 1.47 bits per heavy atom. The van der Waals surface area contributed by atoms with Gasteiger partial charge in [0.2, 0.25) is 0 Å². The number of amides is 2. The van der Waals surface area contributed by atoms with E-state index in [0.717, 1.165) is 6.54 Å². The van der Waals surface area contributed by atoms with Crippen molar-refractivity contribution in [3.8, 4) is 0 Å². The van der Waals surface area contributed by atoms with Crippen LogP contribution in [0.5, 0.6) is 0 Å². The van der Waals surface area contributed by atoms with Crippen LogP contribution in [-0.4, -0.2) is 52.6 Å². The van der Waals surface area contributed by atoms with Gasteiger partial charge in [-0.2, -0.15) is 11.8 Å². The molecule has 0 aromatic heterocycles. The normalized spacial score (nSPS) is 21.8. The third kappa shape index (κ3) is 3.06. The predicted molar refractivity (Wildman–Crippen MR) is 66.2 cm³/mol. The first-order chi connectivity index (χ1) is 8.04. The lowest BCUT2D eigenvalue weighted by atomic mass is 9.97. The van der Waals surface area contributed by atoms with Crippen LogP contribution in [0.3, 0.4) is 0 Å². The van der Waals surface area contributed by atoms with E-state index in [2.05, 4.69) is 11.6 Å². The molecule has 6 heteroatoms. The van der Waals surface area contributed by atoms with Gasteiger partial charge >= 0.3 is 12.0 Å². The van der Waals surface area contributed by atoms with E-state index >= 15 is 0 Å². The largest absolute Gasteiger partial charge is 0.481 e. The van der Waals surface area contributed by atoms with Gasteiger partial charge in [-0.05, 0) is 19.1 Å². The number of carbonyl (C=O) groups excluding carboxylic acids is 1. The summed E-state index contributed by atoms with van der Waals surface area (Å²) in [7, 11) is 0. The summed E-state index contributed by atoms with van der Waals surface area (Å²) in [4.78, 5) is 23.9. The van der Waals surface area contributed by atoms with Gasteiger partial charge in [0.05, 0.1) is 6.42 Å². The maximum Gasteiger partial charge on any atom is 0.317 e. The van der Waals surface area contributed by atoms with Crippen molar-refractivity contribution in [1.29, 1.82) is 0 Å². The Morgan fingerprint density at radius 2 is 2.12 bits per heavy atom. The van der Waals surface area contributed by atoms with Crippen molar-refractivity contribution >= 4 is 23.8 Å². The predicted octanol–water partition coefficient (Wildman–Crippen LogP) is 0.998. The van der Waals surface area contributed by atoms with Gasteiger partial charge in [0, 0.05) is 30.3 Å². The van der Waals surface area contributed by atoms with Crippen LogP contribution in [0.1, 0.15) is 19.3 Å². The zero-order valence-electron chi connectivity index (χ0n) is 9.94. The molecule has 0 atom stereocenters. The second kappa shape index (κ2) is 4.76. The molecular weight excluding hydrogens is 240 g/mol. The Labute approximate surface area is 105 Å². The van der Waals surface area contributed by atoms with Gasteiger partial charge in [-0.15, -0.1) is 0 Å². The highest BCUT2D eigenvalue weighted by Crippen LogP contribution is 2.46. The molecule has 0 spiro atoms. The zero-order valence-corrected chi connectivity index (χ0v) is 10.8. The lowest BCUT2D eigenvalue weighted by molar-refractivity contribution is -0.139. The smallest absolute Gasteiger partial charge is 0.317 e. The maximum absolute atomic E-state index is 11.7. The van der Waals surface area contributed by atoms with Crippen LogP contribution < -0.4 is 5.32 Å².